The number of carbonyl (C=O) groups is 1. The number of carbonyl (C=O) groups excluding carboxylic acids is 1. The van der Waals surface area contributed by atoms with Crippen molar-refractivity contribution in [3.63, 3.8) is 0 Å². The van der Waals surface area contributed by atoms with E-state index in [2.05, 4.69) is 5.10 Å². The minimum atomic E-state index is -1.65. The topological polar surface area (TPSA) is 34.9 Å². The number of benzene rings is 1. The zero-order valence-electron chi connectivity index (χ0n) is 9.45. The van der Waals surface area contributed by atoms with Crippen LogP contribution in [0, 0.1) is 17.5 Å². The molecule has 1 aromatic heterocycles. The monoisotopic (exact) mass is 254 g/mol. The normalized spacial score (nSPS) is 10.7. The fourth-order valence-corrected chi connectivity index (χ4v) is 1.51. The Labute approximate surface area is 101 Å². The second-order valence-corrected chi connectivity index (χ2v) is 3.64. The van der Waals surface area contributed by atoms with Crippen LogP contribution in [-0.4, -0.2) is 15.6 Å². The molecule has 1 aromatic carbocycles. The van der Waals surface area contributed by atoms with Crippen molar-refractivity contribution in [2.24, 2.45) is 0 Å². The molecule has 6 heteroatoms. The Morgan fingerprint density at radius 2 is 2.00 bits per heavy atom. The lowest BCUT2D eigenvalue weighted by Crippen LogP contribution is -2.06. The fourth-order valence-electron chi connectivity index (χ4n) is 1.51. The summed E-state index contributed by atoms with van der Waals surface area (Å²) in [5.41, 5.74) is -0.383. The molecular formula is C12H9F3N2O. The van der Waals surface area contributed by atoms with Crippen LogP contribution in [0.2, 0.25) is 0 Å². The number of halogens is 3. The van der Waals surface area contributed by atoms with Crippen LogP contribution in [0.25, 0.3) is 0 Å². The van der Waals surface area contributed by atoms with Crippen LogP contribution in [0.3, 0.4) is 0 Å². The van der Waals surface area contributed by atoms with Crippen molar-refractivity contribution >= 4 is 5.78 Å². The standard InChI is InChI=1S/C12H9F3N2O/c1-2-17-6-7(5-16-17)12(18)8-3-4-9(13)11(15)10(8)14/h3-6H,2H2,1H3. The number of nitrogens with zero attached hydrogens (tertiary/aromatic N) is 2. The molecular weight excluding hydrogens is 245 g/mol. The van der Waals surface area contributed by atoms with E-state index in [9.17, 15) is 18.0 Å². The van der Waals surface area contributed by atoms with Gasteiger partial charge < -0.3 is 0 Å². The van der Waals surface area contributed by atoms with Crippen LogP contribution in [0.15, 0.2) is 24.5 Å². The van der Waals surface area contributed by atoms with E-state index in [4.69, 9.17) is 0 Å². The van der Waals surface area contributed by atoms with Crippen LogP contribution in [0.5, 0.6) is 0 Å². The summed E-state index contributed by atoms with van der Waals surface area (Å²) < 4.78 is 40.7. The van der Waals surface area contributed by atoms with Gasteiger partial charge in [0.15, 0.2) is 23.2 Å². The Balaban J connectivity index is 2.43. The molecule has 0 N–H and O–H groups in total. The molecule has 18 heavy (non-hydrogen) atoms. The number of hydrogen-bond acceptors (Lipinski definition) is 2. The highest BCUT2D eigenvalue weighted by molar-refractivity contribution is 6.08. The zero-order chi connectivity index (χ0) is 13.3. The zero-order valence-corrected chi connectivity index (χ0v) is 9.45. The second kappa shape index (κ2) is 4.64. The van der Waals surface area contributed by atoms with Crippen LogP contribution in [0.1, 0.15) is 22.8 Å². The van der Waals surface area contributed by atoms with E-state index in [0.717, 1.165) is 12.1 Å². The van der Waals surface area contributed by atoms with Crippen LogP contribution < -0.4 is 0 Å². The SMILES string of the molecule is CCn1cc(C(=O)c2ccc(F)c(F)c2F)cn1. The molecule has 0 saturated carbocycles. The molecule has 0 aliphatic heterocycles. The Morgan fingerprint density at radius 1 is 1.28 bits per heavy atom. The maximum Gasteiger partial charge on any atom is 0.199 e. The van der Waals surface area contributed by atoms with Gasteiger partial charge in [-0.05, 0) is 19.1 Å². The van der Waals surface area contributed by atoms with E-state index in [1.165, 1.54) is 17.1 Å². The molecule has 0 radical (unpaired) electrons. The minimum Gasteiger partial charge on any atom is -0.288 e. The summed E-state index contributed by atoms with van der Waals surface area (Å²) in [6.45, 7) is 2.37. The molecule has 0 bridgehead atoms. The fraction of sp³-hybridized carbons (Fsp3) is 0.167. The lowest BCUT2D eigenvalue weighted by molar-refractivity contribution is 0.103. The molecule has 1 heterocycles. The van der Waals surface area contributed by atoms with Gasteiger partial charge in [-0.25, -0.2) is 13.2 Å². The molecule has 0 saturated heterocycles. The van der Waals surface area contributed by atoms with Gasteiger partial charge in [0.05, 0.1) is 17.3 Å². The van der Waals surface area contributed by atoms with Crippen molar-refractivity contribution in [1.29, 1.82) is 0 Å². The van der Waals surface area contributed by atoms with Crippen molar-refractivity contribution in [3.8, 4) is 0 Å². The van der Waals surface area contributed by atoms with E-state index in [1.807, 2.05) is 6.92 Å². The van der Waals surface area contributed by atoms with Crippen molar-refractivity contribution in [3.05, 3.63) is 53.1 Å². The first-order chi connectivity index (χ1) is 8.54. The number of hydrogen-bond donors (Lipinski definition) is 0. The van der Waals surface area contributed by atoms with E-state index in [-0.39, 0.29) is 5.56 Å². The summed E-state index contributed by atoms with van der Waals surface area (Å²) in [6, 6.07) is 1.63. The molecule has 2 aromatic rings. The molecule has 3 nitrogen and oxygen atoms in total. The average molecular weight is 254 g/mol. The first-order valence-corrected chi connectivity index (χ1v) is 5.25. The highest BCUT2D eigenvalue weighted by atomic mass is 19.2. The van der Waals surface area contributed by atoms with Gasteiger partial charge in [0.1, 0.15) is 0 Å². The Morgan fingerprint density at radius 3 is 2.61 bits per heavy atom. The Bertz CT molecular complexity index is 607. The van der Waals surface area contributed by atoms with Crippen molar-refractivity contribution < 1.29 is 18.0 Å². The highest BCUT2D eigenvalue weighted by Crippen LogP contribution is 2.18. The summed E-state index contributed by atoms with van der Waals surface area (Å²) in [6.07, 6.45) is 2.68. The second-order valence-electron chi connectivity index (χ2n) is 3.64. The summed E-state index contributed by atoms with van der Waals surface area (Å²) in [4.78, 5) is 11.9. The maximum atomic E-state index is 13.4. The number of ketones is 1. The van der Waals surface area contributed by atoms with Crippen molar-refractivity contribution in [1.82, 2.24) is 9.78 Å². The molecule has 0 aliphatic rings. The third kappa shape index (κ3) is 2.01. The van der Waals surface area contributed by atoms with Crippen LogP contribution >= 0.6 is 0 Å². The van der Waals surface area contributed by atoms with Crippen molar-refractivity contribution in [2.75, 3.05) is 0 Å². The van der Waals surface area contributed by atoms with Crippen LogP contribution in [0.4, 0.5) is 13.2 Å². The lowest BCUT2D eigenvalue weighted by atomic mass is 10.1. The molecule has 0 spiro atoms. The molecule has 0 aliphatic carbocycles. The van der Waals surface area contributed by atoms with Gasteiger partial charge in [-0.2, -0.15) is 5.10 Å². The molecule has 0 unspecified atom stereocenters. The lowest BCUT2D eigenvalue weighted by Gasteiger charge is -2.02. The first-order valence-electron chi connectivity index (χ1n) is 5.25. The van der Waals surface area contributed by atoms with Gasteiger partial charge in [-0.15, -0.1) is 0 Å². The van der Waals surface area contributed by atoms with Gasteiger partial charge in [-0.3, -0.25) is 9.48 Å². The molecule has 2 rings (SSSR count). The number of aromatic nitrogens is 2. The summed E-state index contributed by atoms with van der Waals surface area (Å²) in [5.74, 6) is -5.19. The minimum absolute atomic E-state index is 0.127. The van der Waals surface area contributed by atoms with E-state index < -0.39 is 28.8 Å². The Kier molecular flexibility index (Phi) is 3.18. The first kappa shape index (κ1) is 12.3. The van der Waals surface area contributed by atoms with E-state index in [1.54, 1.807) is 0 Å². The summed E-state index contributed by atoms with van der Waals surface area (Å²) >= 11 is 0. The van der Waals surface area contributed by atoms with Crippen molar-refractivity contribution in [2.45, 2.75) is 13.5 Å². The highest BCUT2D eigenvalue weighted by Gasteiger charge is 2.20. The van der Waals surface area contributed by atoms with E-state index >= 15 is 0 Å². The third-order valence-corrected chi connectivity index (χ3v) is 2.50. The quantitative estimate of drug-likeness (QED) is 0.623. The predicted octanol–water partition coefficient (Wildman–Crippen LogP) is 2.55. The largest absolute Gasteiger partial charge is 0.288 e. The number of aryl methyl sites for hydroxylation is 1. The van der Waals surface area contributed by atoms with Gasteiger partial charge in [0.25, 0.3) is 0 Å². The molecule has 0 fully saturated rings. The molecule has 0 atom stereocenters. The summed E-state index contributed by atoms with van der Waals surface area (Å²) in [5, 5.41) is 3.86. The smallest absolute Gasteiger partial charge is 0.199 e. The number of rotatable bonds is 3. The molecule has 94 valence electrons. The van der Waals surface area contributed by atoms with Gasteiger partial charge in [0.2, 0.25) is 0 Å². The van der Waals surface area contributed by atoms with Gasteiger partial charge in [0, 0.05) is 12.7 Å². The Hall–Kier alpha value is -2.11. The van der Waals surface area contributed by atoms with Gasteiger partial charge in [-0.1, -0.05) is 0 Å². The molecule has 0 amide bonds. The summed E-state index contributed by atoms with van der Waals surface area (Å²) in [7, 11) is 0. The third-order valence-electron chi connectivity index (χ3n) is 2.50. The van der Waals surface area contributed by atoms with Crippen LogP contribution in [-0.2, 0) is 6.54 Å². The van der Waals surface area contributed by atoms with Gasteiger partial charge >= 0.3 is 0 Å². The maximum absolute atomic E-state index is 13.4. The average Bonchev–Trinajstić information content (AvgIpc) is 2.84. The van der Waals surface area contributed by atoms with E-state index in [0.29, 0.717) is 6.54 Å². The predicted molar refractivity (Wildman–Crippen MR) is 57.6 cm³/mol.